The van der Waals surface area contributed by atoms with Crippen LogP contribution in [0.3, 0.4) is 0 Å². The van der Waals surface area contributed by atoms with Crippen molar-refractivity contribution in [3.63, 3.8) is 0 Å². The Morgan fingerprint density at radius 2 is 1.60 bits per heavy atom. The highest BCUT2D eigenvalue weighted by molar-refractivity contribution is 5.99. The van der Waals surface area contributed by atoms with Crippen LogP contribution in [0.1, 0.15) is 41.6 Å². The van der Waals surface area contributed by atoms with Crippen LogP contribution in [0.5, 0.6) is 11.5 Å². The molecule has 0 saturated carbocycles. The highest BCUT2D eigenvalue weighted by Gasteiger charge is 2.42. The van der Waals surface area contributed by atoms with Crippen molar-refractivity contribution in [1.29, 1.82) is 0 Å². The first-order chi connectivity index (χ1) is 17.1. The molecule has 8 heteroatoms. The molecule has 0 spiro atoms. The van der Waals surface area contributed by atoms with Gasteiger partial charge in [0.15, 0.2) is 5.43 Å². The highest BCUT2D eigenvalue weighted by atomic mass is 16.5. The second-order valence-electron chi connectivity index (χ2n) is 8.62. The topological polar surface area (TPSA) is 81.5 Å². The van der Waals surface area contributed by atoms with Gasteiger partial charge in [-0.1, -0.05) is 12.1 Å². The second kappa shape index (κ2) is 10.1. The van der Waals surface area contributed by atoms with Crippen LogP contribution in [0.25, 0.3) is 11.0 Å². The summed E-state index contributed by atoms with van der Waals surface area (Å²) in [6.07, 6.45) is 0. The van der Waals surface area contributed by atoms with Crippen LogP contribution >= 0.6 is 0 Å². The SMILES string of the molecule is CCOc1ccc(C2c3c(oc4cc(OCC)ccc4c3=O)C(=O)N2CCN2CCOCC2)cc1. The van der Waals surface area contributed by atoms with E-state index in [1.54, 1.807) is 23.1 Å². The van der Waals surface area contributed by atoms with Crippen molar-refractivity contribution < 1.29 is 23.4 Å². The van der Waals surface area contributed by atoms with E-state index < -0.39 is 6.04 Å². The Morgan fingerprint density at radius 3 is 2.31 bits per heavy atom. The standard InChI is InChI=1S/C27H30N2O6/c1-3-33-19-7-5-18(6-8-19)24-23-25(30)21-10-9-20(34-4-2)17-22(21)35-26(23)27(31)29(24)12-11-28-13-15-32-16-14-28/h5-10,17,24H,3-4,11-16H2,1-2H3. The number of hydrogen-bond donors (Lipinski definition) is 0. The molecule has 0 radical (unpaired) electrons. The maximum Gasteiger partial charge on any atom is 0.290 e. The van der Waals surface area contributed by atoms with Crippen molar-refractivity contribution in [3.05, 3.63) is 69.6 Å². The molecule has 1 atom stereocenters. The average Bonchev–Trinajstić information content (AvgIpc) is 3.16. The Balaban J connectivity index is 1.57. The number of carbonyl (C=O) groups excluding carboxylic acids is 1. The molecule has 2 aliphatic rings. The Kier molecular flexibility index (Phi) is 6.74. The summed E-state index contributed by atoms with van der Waals surface area (Å²) in [7, 11) is 0. The van der Waals surface area contributed by atoms with Crippen molar-refractivity contribution in [2.24, 2.45) is 0 Å². The number of carbonyl (C=O) groups is 1. The minimum atomic E-state index is -0.526. The first kappa shape index (κ1) is 23.4. The van der Waals surface area contributed by atoms with Gasteiger partial charge in [0.1, 0.15) is 17.1 Å². The van der Waals surface area contributed by atoms with Gasteiger partial charge < -0.3 is 23.5 Å². The molecule has 1 fully saturated rings. The van der Waals surface area contributed by atoms with Crippen molar-refractivity contribution in [2.75, 3.05) is 52.6 Å². The summed E-state index contributed by atoms with van der Waals surface area (Å²) in [6.45, 7) is 9.06. The summed E-state index contributed by atoms with van der Waals surface area (Å²) >= 11 is 0. The van der Waals surface area contributed by atoms with E-state index in [0.29, 0.717) is 61.8 Å². The maximum atomic E-state index is 13.7. The molecule has 5 rings (SSSR count). The zero-order chi connectivity index (χ0) is 24.4. The third kappa shape index (κ3) is 4.51. The summed E-state index contributed by atoms with van der Waals surface area (Å²) in [5.74, 6) is 1.18. The summed E-state index contributed by atoms with van der Waals surface area (Å²) in [6, 6.07) is 12.2. The van der Waals surface area contributed by atoms with E-state index in [1.165, 1.54) is 0 Å². The minimum absolute atomic E-state index is 0.108. The molecular formula is C27H30N2O6. The summed E-state index contributed by atoms with van der Waals surface area (Å²) in [4.78, 5) is 31.4. The molecule has 1 saturated heterocycles. The molecule has 0 N–H and O–H groups in total. The molecule has 0 bridgehead atoms. The predicted molar refractivity (Wildman–Crippen MR) is 131 cm³/mol. The lowest BCUT2D eigenvalue weighted by Gasteiger charge is -2.31. The number of amides is 1. The molecule has 1 amide bonds. The maximum absolute atomic E-state index is 13.7. The van der Waals surface area contributed by atoms with E-state index in [1.807, 2.05) is 38.1 Å². The lowest BCUT2D eigenvalue weighted by Crippen LogP contribution is -2.42. The molecule has 2 aliphatic heterocycles. The predicted octanol–water partition coefficient (Wildman–Crippen LogP) is 3.47. The molecule has 1 aromatic heterocycles. The minimum Gasteiger partial charge on any atom is -0.494 e. The zero-order valence-corrected chi connectivity index (χ0v) is 20.1. The molecule has 3 heterocycles. The number of benzene rings is 2. The normalized spacial score (nSPS) is 18.2. The van der Waals surface area contributed by atoms with Gasteiger partial charge in [-0.15, -0.1) is 0 Å². The Hall–Kier alpha value is -3.36. The second-order valence-corrected chi connectivity index (χ2v) is 8.62. The Morgan fingerprint density at radius 1 is 0.914 bits per heavy atom. The number of morpholine rings is 1. The van der Waals surface area contributed by atoms with Gasteiger partial charge in [-0.3, -0.25) is 14.5 Å². The van der Waals surface area contributed by atoms with Gasteiger partial charge >= 0.3 is 0 Å². The summed E-state index contributed by atoms with van der Waals surface area (Å²) in [5, 5.41) is 0.436. The molecule has 3 aromatic rings. The number of nitrogens with zero attached hydrogens (tertiary/aromatic N) is 2. The summed E-state index contributed by atoms with van der Waals surface area (Å²) < 4.78 is 22.7. The van der Waals surface area contributed by atoms with Gasteiger partial charge in [-0.25, -0.2) is 0 Å². The first-order valence-electron chi connectivity index (χ1n) is 12.2. The first-order valence-corrected chi connectivity index (χ1v) is 12.2. The van der Waals surface area contributed by atoms with E-state index in [0.717, 1.165) is 24.4 Å². The van der Waals surface area contributed by atoms with E-state index >= 15 is 0 Å². The molecular weight excluding hydrogens is 448 g/mol. The molecule has 35 heavy (non-hydrogen) atoms. The van der Waals surface area contributed by atoms with Gasteiger partial charge in [-0.2, -0.15) is 0 Å². The largest absolute Gasteiger partial charge is 0.494 e. The highest BCUT2D eigenvalue weighted by Crippen LogP contribution is 2.39. The molecule has 184 valence electrons. The Labute approximate surface area is 204 Å². The third-order valence-electron chi connectivity index (χ3n) is 6.52. The van der Waals surface area contributed by atoms with Crippen LogP contribution in [0.4, 0.5) is 0 Å². The smallest absolute Gasteiger partial charge is 0.290 e. The summed E-state index contributed by atoms with van der Waals surface area (Å²) in [5.41, 5.74) is 1.40. The van der Waals surface area contributed by atoms with Crippen LogP contribution in [-0.4, -0.2) is 68.3 Å². The van der Waals surface area contributed by atoms with Crippen LogP contribution in [0.2, 0.25) is 0 Å². The van der Waals surface area contributed by atoms with Gasteiger partial charge in [-0.05, 0) is 43.7 Å². The molecule has 2 aromatic carbocycles. The Bertz CT molecular complexity index is 1260. The third-order valence-corrected chi connectivity index (χ3v) is 6.52. The van der Waals surface area contributed by atoms with E-state index in [2.05, 4.69) is 4.90 Å². The van der Waals surface area contributed by atoms with E-state index in [9.17, 15) is 9.59 Å². The molecule has 0 aliphatic carbocycles. The van der Waals surface area contributed by atoms with Crippen LogP contribution in [0, 0.1) is 0 Å². The molecule has 1 unspecified atom stereocenters. The fourth-order valence-electron chi connectivity index (χ4n) is 4.82. The number of hydrogen-bond acceptors (Lipinski definition) is 7. The van der Waals surface area contributed by atoms with E-state index in [-0.39, 0.29) is 17.1 Å². The van der Waals surface area contributed by atoms with Crippen molar-refractivity contribution in [2.45, 2.75) is 19.9 Å². The van der Waals surface area contributed by atoms with Crippen LogP contribution in [0.15, 0.2) is 51.7 Å². The lowest BCUT2D eigenvalue weighted by atomic mass is 9.98. The van der Waals surface area contributed by atoms with Crippen molar-refractivity contribution in [1.82, 2.24) is 9.80 Å². The number of rotatable bonds is 8. The van der Waals surface area contributed by atoms with Gasteiger partial charge in [0.25, 0.3) is 5.91 Å². The fraction of sp³-hybridized carbons (Fsp3) is 0.407. The van der Waals surface area contributed by atoms with Gasteiger partial charge in [0.2, 0.25) is 5.76 Å². The average molecular weight is 479 g/mol. The molecule has 8 nitrogen and oxygen atoms in total. The lowest BCUT2D eigenvalue weighted by molar-refractivity contribution is 0.0314. The quantitative estimate of drug-likeness (QED) is 0.490. The number of ether oxygens (including phenoxy) is 3. The zero-order valence-electron chi connectivity index (χ0n) is 20.1. The van der Waals surface area contributed by atoms with Crippen LogP contribution < -0.4 is 14.9 Å². The monoisotopic (exact) mass is 478 g/mol. The van der Waals surface area contributed by atoms with Crippen LogP contribution in [-0.2, 0) is 4.74 Å². The van der Waals surface area contributed by atoms with Gasteiger partial charge in [0, 0.05) is 32.2 Å². The fourth-order valence-corrected chi connectivity index (χ4v) is 4.82. The van der Waals surface area contributed by atoms with Gasteiger partial charge in [0.05, 0.1) is 43.4 Å². The van der Waals surface area contributed by atoms with E-state index in [4.69, 9.17) is 18.6 Å². The number of fused-ring (bicyclic) bond motifs is 2. The van der Waals surface area contributed by atoms with Crippen molar-refractivity contribution >= 4 is 16.9 Å². The van der Waals surface area contributed by atoms with Crippen molar-refractivity contribution in [3.8, 4) is 11.5 Å².